The second-order valence-corrected chi connectivity index (χ2v) is 5.21. The molecule has 3 nitrogen and oxygen atoms in total. The third-order valence-electron chi connectivity index (χ3n) is 1.75. The highest BCUT2D eigenvalue weighted by atomic mass is 32.1. The molecule has 2 aromatic rings. The summed E-state index contributed by atoms with van der Waals surface area (Å²) >= 11 is 3.16. The molecular weight excluding hydrogens is 214 g/mol. The SMILES string of the molecule is CC(C)(N)c1nc(-c2cscn2)cs1. The Hall–Kier alpha value is -0.780. The third-order valence-corrected chi connectivity index (χ3v) is 3.52. The van der Waals surface area contributed by atoms with Gasteiger partial charge >= 0.3 is 0 Å². The third kappa shape index (κ3) is 1.84. The lowest BCUT2D eigenvalue weighted by Crippen LogP contribution is -2.28. The normalized spacial score (nSPS) is 11.9. The van der Waals surface area contributed by atoms with Crippen LogP contribution < -0.4 is 5.73 Å². The highest BCUT2D eigenvalue weighted by Crippen LogP contribution is 2.26. The van der Waals surface area contributed by atoms with E-state index in [1.165, 1.54) is 0 Å². The lowest BCUT2D eigenvalue weighted by molar-refractivity contribution is 0.551. The van der Waals surface area contributed by atoms with Gasteiger partial charge in [-0.1, -0.05) is 0 Å². The first-order valence-corrected chi connectivity index (χ1v) is 6.03. The zero-order valence-electron chi connectivity index (χ0n) is 8.02. The van der Waals surface area contributed by atoms with Gasteiger partial charge < -0.3 is 5.73 Å². The first-order chi connectivity index (χ1) is 6.57. The zero-order valence-corrected chi connectivity index (χ0v) is 9.65. The lowest BCUT2D eigenvalue weighted by Gasteiger charge is -2.13. The van der Waals surface area contributed by atoms with Gasteiger partial charge in [-0.3, -0.25) is 0 Å². The quantitative estimate of drug-likeness (QED) is 0.854. The number of thiazole rings is 2. The molecule has 0 aromatic carbocycles. The summed E-state index contributed by atoms with van der Waals surface area (Å²) in [7, 11) is 0. The van der Waals surface area contributed by atoms with Crippen LogP contribution in [0.1, 0.15) is 18.9 Å². The van der Waals surface area contributed by atoms with E-state index in [9.17, 15) is 0 Å². The van der Waals surface area contributed by atoms with Crippen LogP contribution in [0.15, 0.2) is 16.3 Å². The Balaban J connectivity index is 2.36. The molecule has 0 unspecified atom stereocenters. The highest BCUT2D eigenvalue weighted by Gasteiger charge is 2.19. The van der Waals surface area contributed by atoms with Crippen LogP contribution in [-0.2, 0) is 5.54 Å². The molecule has 0 aliphatic rings. The van der Waals surface area contributed by atoms with Crippen molar-refractivity contribution in [1.29, 1.82) is 0 Å². The molecule has 2 aromatic heterocycles. The second-order valence-electron chi connectivity index (χ2n) is 3.63. The number of hydrogen-bond donors (Lipinski definition) is 1. The van der Waals surface area contributed by atoms with E-state index in [1.54, 1.807) is 22.7 Å². The predicted molar refractivity (Wildman–Crippen MR) is 60.4 cm³/mol. The summed E-state index contributed by atoms with van der Waals surface area (Å²) in [5.74, 6) is 0. The molecule has 0 aliphatic heterocycles. The molecule has 0 saturated heterocycles. The van der Waals surface area contributed by atoms with Gasteiger partial charge in [0.25, 0.3) is 0 Å². The van der Waals surface area contributed by atoms with Gasteiger partial charge in [-0.05, 0) is 13.8 Å². The minimum Gasteiger partial charge on any atom is -0.320 e. The molecule has 0 bridgehead atoms. The predicted octanol–water partition coefficient (Wildman–Crippen LogP) is 2.46. The van der Waals surface area contributed by atoms with Gasteiger partial charge in [0.2, 0.25) is 0 Å². The molecule has 74 valence electrons. The number of hydrogen-bond acceptors (Lipinski definition) is 5. The van der Waals surface area contributed by atoms with Crippen LogP contribution in [0.4, 0.5) is 0 Å². The molecule has 0 amide bonds. The maximum Gasteiger partial charge on any atom is 0.113 e. The summed E-state index contributed by atoms with van der Waals surface area (Å²) in [6.45, 7) is 3.91. The molecule has 0 aliphatic carbocycles. The highest BCUT2D eigenvalue weighted by molar-refractivity contribution is 7.10. The van der Waals surface area contributed by atoms with Crippen molar-refractivity contribution < 1.29 is 0 Å². The molecule has 5 heteroatoms. The fraction of sp³-hybridized carbons (Fsp3) is 0.333. The Morgan fingerprint density at radius 1 is 1.29 bits per heavy atom. The standard InChI is InChI=1S/C9H11N3S2/c1-9(2,10)8-12-7(4-14-8)6-3-13-5-11-6/h3-5H,10H2,1-2H3. The average Bonchev–Trinajstić information content (AvgIpc) is 2.73. The maximum absolute atomic E-state index is 5.95. The number of nitrogens with zero attached hydrogens (tertiary/aromatic N) is 2. The second kappa shape index (κ2) is 3.42. The van der Waals surface area contributed by atoms with E-state index in [0.29, 0.717) is 0 Å². The first kappa shape index (κ1) is 9.76. The molecular formula is C9H11N3S2. The van der Waals surface area contributed by atoms with Gasteiger partial charge in [0.05, 0.1) is 11.0 Å². The molecule has 0 fully saturated rings. The molecule has 14 heavy (non-hydrogen) atoms. The van der Waals surface area contributed by atoms with Gasteiger partial charge in [-0.2, -0.15) is 0 Å². The van der Waals surface area contributed by atoms with Gasteiger partial charge in [-0.25, -0.2) is 9.97 Å². The molecule has 0 atom stereocenters. The smallest absolute Gasteiger partial charge is 0.113 e. The summed E-state index contributed by atoms with van der Waals surface area (Å²) in [6.07, 6.45) is 0. The van der Waals surface area contributed by atoms with E-state index in [4.69, 9.17) is 5.73 Å². The van der Waals surface area contributed by atoms with Crippen LogP contribution in [0.5, 0.6) is 0 Å². The van der Waals surface area contributed by atoms with Crippen LogP contribution in [0.3, 0.4) is 0 Å². The summed E-state index contributed by atoms with van der Waals surface area (Å²) in [5.41, 5.74) is 9.25. The van der Waals surface area contributed by atoms with E-state index in [1.807, 2.05) is 30.1 Å². The van der Waals surface area contributed by atoms with Gasteiger partial charge in [0.15, 0.2) is 0 Å². The van der Waals surface area contributed by atoms with E-state index < -0.39 is 0 Å². The number of rotatable bonds is 2. The Morgan fingerprint density at radius 3 is 2.57 bits per heavy atom. The van der Waals surface area contributed by atoms with Crippen molar-refractivity contribution in [2.75, 3.05) is 0 Å². The van der Waals surface area contributed by atoms with Crippen molar-refractivity contribution in [2.45, 2.75) is 19.4 Å². The van der Waals surface area contributed by atoms with Gasteiger partial charge in [0, 0.05) is 10.8 Å². The van der Waals surface area contributed by atoms with Crippen LogP contribution in [-0.4, -0.2) is 9.97 Å². The fourth-order valence-electron chi connectivity index (χ4n) is 1.03. The van der Waals surface area contributed by atoms with Crippen LogP contribution in [0.25, 0.3) is 11.4 Å². The molecule has 0 radical (unpaired) electrons. The zero-order chi connectivity index (χ0) is 10.2. The summed E-state index contributed by atoms with van der Waals surface area (Å²) < 4.78 is 0. The van der Waals surface area contributed by atoms with Gasteiger partial charge in [0.1, 0.15) is 16.4 Å². The molecule has 2 rings (SSSR count). The van der Waals surface area contributed by atoms with Gasteiger partial charge in [-0.15, -0.1) is 22.7 Å². The van der Waals surface area contributed by atoms with Crippen molar-refractivity contribution in [3.05, 3.63) is 21.3 Å². The number of aromatic nitrogens is 2. The van der Waals surface area contributed by atoms with E-state index >= 15 is 0 Å². The Morgan fingerprint density at radius 2 is 2.07 bits per heavy atom. The molecule has 2 heterocycles. The lowest BCUT2D eigenvalue weighted by atomic mass is 10.1. The monoisotopic (exact) mass is 225 g/mol. The van der Waals surface area contributed by atoms with Crippen molar-refractivity contribution in [1.82, 2.24) is 9.97 Å². The first-order valence-electron chi connectivity index (χ1n) is 4.21. The minimum atomic E-state index is -0.362. The van der Waals surface area contributed by atoms with E-state index in [2.05, 4.69) is 9.97 Å². The van der Waals surface area contributed by atoms with E-state index in [0.717, 1.165) is 16.4 Å². The van der Waals surface area contributed by atoms with Crippen LogP contribution in [0.2, 0.25) is 0 Å². The van der Waals surface area contributed by atoms with Crippen molar-refractivity contribution in [2.24, 2.45) is 5.73 Å². The molecule has 0 saturated carbocycles. The maximum atomic E-state index is 5.95. The average molecular weight is 225 g/mol. The van der Waals surface area contributed by atoms with Crippen molar-refractivity contribution in [3.8, 4) is 11.4 Å². The Kier molecular flexibility index (Phi) is 2.38. The minimum absolute atomic E-state index is 0.362. The topological polar surface area (TPSA) is 51.8 Å². The molecule has 0 spiro atoms. The van der Waals surface area contributed by atoms with E-state index in [-0.39, 0.29) is 5.54 Å². The van der Waals surface area contributed by atoms with Crippen molar-refractivity contribution in [3.63, 3.8) is 0 Å². The Bertz CT molecular complexity index is 411. The fourth-order valence-corrected chi connectivity index (χ4v) is 2.42. The number of nitrogens with two attached hydrogens (primary N) is 1. The largest absolute Gasteiger partial charge is 0.320 e. The summed E-state index contributed by atoms with van der Waals surface area (Å²) in [6, 6.07) is 0. The summed E-state index contributed by atoms with van der Waals surface area (Å²) in [5, 5.41) is 4.93. The summed E-state index contributed by atoms with van der Waals surface area (Å²) in [4.78, 5) is 8.67. The van der Waals surface area contributed by atoms with Crippen molar-refractivity contribution >= 4 is 22.7 Å². The Labute approximate surface area is 90.6 Å². The van der Waals surface area contributed by atoms with Crippen LogP contribution >= 0.6 is 22.7 Å². The molecule has 2 N–H and O–H groups in total. The van der Waals surface area contributed by atoms with Crippen LogP contribution in [0, 0.1) is 0 Å².